The van der Waals surface area contributed by atoms with Crippen LogP contribution < -0.4 is 5.53 Å². The molecule has 9 heavy (non-hydrogen) atoms. The Hall–Kier alpha value is -0.640. The zero-order valence-electron chi connectivity index (χ0n) is 5.57. The van der Waals surface area contributed by atoms with E-state index >= 15 is 0 Å². The second-order valence-corrected chi connectivity index (χ2v) is 2.69. The quantitative estimate of drug-likeness (QED) is 0.508. The molecule has 0 aliphatic carbocycles. The lowest BCUT2D eigenvalue weighted by molar-refractivity contribution is -0.0685. The van der Waals surface area contributed by atoms with Crippen molar-refractivity contribution in [1.82, 2.24) is 10.5 Å². The predicted octanol–water partition coefficient (Wildman–Crippen LogP) is 0.333. The van der Waals surface area contributed by atoms with E-state index in [4.69, 9.17) is 0 Å². The maximum absolute atomic E-state index is 4.03. The molecular weight excluding hydrogens is 116 g/mol. The summed E-state index contributed by atoms with van der Waals surface area (Å²) in [6, 6.07) is 1.52. The second-order valence-electron chi connectivity index (χ2n) is 2.69. The minimum atomic E-state index is 0.436. The highest BCUT2D eigenvalue weighted by Crippen LogP contribution is 2.29. The minimum absolute atomic E-state index is 0.436. The number of hydrazine groups is 1. The average molecular weight is 126 g/mol. The van der Waals surface area contributed by atoms with Crippen LogP contribution in [0.5, 0.6) is 0 Å². The SMILES string of the molecule is CC1C2N=NNN1C2C. The van der Waals surface area contributed by atoms with Crippen LogP contribution in [0.4, 0.5) is 0 Å². The molecule has 3 aliphatic heterocycles. The van der Waals surface area contributed by atoms with Gasteiger partial charge in [0.2, 0.25) is 0 Å². The largest absolute Gasteiger partial charge is 0.221 e. The summed E-state index contributed by atoms with van der Waals surface area (Å²) in [5, 5.41) is 9.85. The summed E-state index contributed by atoms with van der Waals surface area (Å²) in [6.45, 7) is 4.30. The van der Waals surface area contributed by atoms with Gasteiger partial charge in [0.05, 0.1) is 12.1 Å². The van der Waals surface area contributed by atoms with Gasteiger partial charge in [-0.1, -0.05) is 5.22 Å². The van der Waals surface area contributed by atoms with Crippen LogP contribution in [0.15, 0.2) is 10.3 Å². The van der Waals surface area contributed by atoms with Crippen LogP contribution in [-0.2, 0) is 0 Å². The fraction of sp³-hybridized carbons (Fsp3) is 1.00. The summed E-state index contributed by atoms with van der Waals surface area (Å²) in [4.78, 5) is 0. The molecule has 0 aromatic rings. The fourth-order valence-corrected chi connectivity index (χ4v) is 1.52. The van der Waals surface area contributed by atoms with Gasteiger partial charge in [0.25, 0.3) is 0 Å². The summed E-state index contributed by atoms with van der Waals surface area (Å²) in [6.07, 6.45) is 0. The van der Waals surface area contributed by atoms with Crippen molar-refractivity contribution in [3.8, 4) is 0 Å². The number of fused-ring (bicyclic) bond motifs is 1. The van der Waals surface area contributed by atoms with Crippen LogP contribution in [0.25, 0.3) is 0 Å². The molecule has 2 bridgehead atoms. The smallest absolute Gasteiger partial charge is 0.107 e. The molecular formula is C5H10N4. The third-order valence-corrected chi connectivity index (χ3v) is 2.22. The van der Waals surface area contributed by atoms with E-state index in [-0.39, 0.29) is 0 Å². The first-order valence-corrected chi connectivity index (χ1v) is 3.24. The lowest BCUT2D eigenvalue weighted by atomic mass is 9.92. The third-order valence-electron chi connectivity index (χ3n) is 2.22. The van der Waals surface area contributed by atoms with Gasteiger partial charge in [0, 0.05) is 0 Å². The standard InChI is InChI=1S/C5H10N4/c1-3-5-4(2)9(3)8-7-6-5/h3-5H,1-2H3,(H,6,8). The highest BCUT2D eigenvalue weighted by atomic mass is 15.8. The van der Waals surface area contributed by atoms with Crippen LogP contribution in [0.2, 0.25) is 0 Å². The van der Waals surface area contributed by atoms with E-state index in [1.807, 2.05) is 0 Å². The molecule has 3 aliphatic rings. The van der Waals surface area contributed by atoms with Crippen molar-refractivity contribution in [2.45, 2.75) is 32.0 Å². The van der Waals surface area contributed by atoms with E-state index < -0.39 is 0 Å². The average Bonchev–Trinajstić information content (AvgIpc) is 1.91. The monoisotopic (exact) mass is 126 g/mol. The molecule has 50 valence electrons. The Morgan fingerprint density at radius 1 is 1.33 bits per heavy atom. The van der Waals surface area contributed by atoms with E-state index in [0.29, 0.717) is 18.1 Å². The normalized spacial score (nSPS) is 54.0. The molecule has 1 N–H and O–H groups in total. The first kappa shape index (κ1) is 5.17. The molecule has 0 radical (unpaired) electrons. The Bertz CT molecular complexity index is 145. The van der Waals surface area contributed by atoms with Crippen LogP contribution in [-0.4, -0.2) is 23.1 Å². The van der Waals surface area contributed by atoms with Gasteiger partial charge >= 0.3 is 0 Å². The highest BCUT2D eigenvalue weighted by molar-refractivity contribution is 5.00. The van der Waals surface area contributed by atoms with Crippen molar-refractivity contribution in [3.05, 3.63) is 0 Å². The van der Waals surface area contributed by atoms with Gasteiger partial charge in [0.15, 0.2) is 0 Å². The van der Waals surface area contributed by atoms with E-state index in [1.54, 1.807) is 0 Å². The van der Waals surface area contributed by atoms with Gasteiger partial charge in [-0.3, -0.25) is 0 Å². The Labute approximate surface area is 53.9 Å². The number of nitrogens with one attached hydrogen (secondary N) is 1. The number of rotatable bonds is 0. The molecule has 3 heterocycles. The summed E-state index contributed by atoms with van der Waals surface area (Å²) < 4.78 is 0. The Balaban J connectivity index is 2.21. The van der Waals surface area contributed by atoms with Gasteiger partial charge in [0.1, 0.15) is 6.04 Å². The van der Waals surface area contributed by atoms with Gasteiger partial charge in [-0.15, -0.1) is 0 Å². The minimum Gasteiger partial charge on any atom is -0.221 e. The molecule has 3 rings (SSSR count). The number of hydrogen-bond donors (Lipinski definition) is 1. The zero-order chi connectivity index (χ0) is 6.43. The lowest BCUT2D eigenvalue weighted by Gasteiger charge is -2.50. The van der Waals surface area contributed by atoms with E-state index in [2.05, 4.69) is 34.7 Å². The predicted molar refractivity (Wildman–Crippen MR) is 32.5 cm³/mol. The highest BCUT2D eigenvalue weighted by Gasteiger charge is 2.46. The van der Waals surface area contributed by atoms with Crippen LogP contribution >= 0.6 is 0 Å². The molecule has 1 fully saturated rings. The number of nitrogens with zero attached hydrogens (tertiary/aromatic N) is 3. The molecule has 1 saturated heterocycles. The molecule has 4 nitrogen and oxygen atoms in total. The van der Waals surface area contributed by atoms with Gasteiger partial charge in [-0.05, 0) is 13.8 Å². The van der Waals surface area contributed by atoms with Gasteiger partial charge in [-0.2, -0.15) is 10.1 Å². The van der Waals surface area contributed by atoms with Crippen molar-refractivity contribution in [1.29, 1.82) is 0 Å². The van der Waals surface area contributed by atoms with Crippen molar-refractivity contribution in [2.75, 3.05) is 0 Å². The molecule has 2 unspecified atom stereocenters. The van der Waals surface area contributed by atoms with Gasteiger partial charge in [-0.25, -0.2) is 5.53 Å². The molecule has 0 amide bonds. The maximum Gasteiger partial charge on any atom is 0.107 e. The second kappa shape index (κ2) is 1.44. The molecule has 4 heteroatoms. The topological polar surface area (TPSA) is 40.0 Å². The lowest BCUT2D eigenvalue weighted by Crippen LogP contribution is -2.70. The van der Waals surface area contributed by atoms with Gasteiger partial charge < -0.3 is 0 Å². The van der Waals surface area contributed by atoms with Crippen molar-refractivity contribution >= 4 is 0 Å². The van der Waals surface area contributed by atoms with E-state index in [1.165, 1.54) is 0 Å². The van der Waals surface area contributed by atoms with E-state index in [0.717, 1.165) is 0 Å². The fourth-order valence-electron chi connectivity index (χ4n) is 1.52. The van der Waals surface area contributed by atoms with Crippen LogP contribution in [0.1, 0.15) is 13.8 Å². The Morgan fingerprint density at radius 3 is 2.22 bits per heavy atom. The molecule has 0 saturated carbocycles. The summed E-state index contributed by atoms with van der Waals surface area (Å²) in [5.41, 5.74) is 2.84. The van der Waals surface area contributed by atoms with Crippen LogP contribution in [0.3, 0.4) is 0 Å². The Kier molecular flexibility index (Phi) is 0.829. The summed E-state index contributed by atoms with van der Waals surface area (Å²) in [5.74, 6) is 0. The zero-order valence-corrected chi connectivity index (χ0v) is 5.57. The Morgan fingerprint density at radius 2 is 2.00 bits per heavy atom. The van der Waals surface area contributed by atoms with Crippen LogP contribution in [0, 0.1) is 0 Å². The van der Waals surface area contributed by atoms with Crippen molar-refractivity contribution in [3.63, 3.8) is 0 Å². The first-order chi connectivity index (χ1) is 4.30. The van der Waals surface area contributed by atoms with Crippen molar-refractivity contribution < 1.29 is 0 Å². The molecule has 0 spiro atoms. The number of hydrogen-bond acceptors (Lipinski definition) is 4. The molecule has 0 aromatic heterocycles. The van der Waals surface area contributed by atoms with Crippen molar-refractivity contribution in [2.24, 2.45) is 10.3 Å². The molecule has 2 atom stereocenters. The van der Waals surface area contributed by atoms with E-state index in [9.17, 15) is 0 Å². The summed E-state index contributed by atoms with van der Waals surface area (Å²) >= 11 is 0. The summed E-state index contributed by atoms with van der Waals surface area (Å²) in [7, 11) is 0. The maximum atomic E-state index is 4.03. The third kappa shape index (κ3) is 0.463. The molecule has 0 aromatic carbocycles. The first-order valence-electron chi connectivity index (χ1n) is 3.24.